The minimum absolute atomic E-state index is 0.00205. The van der Waals surface area contributed by atoms with Crippen molar-refractivity contribution in [1.29, 1.82) is 0 Å². The molecule has 2 aromatic rings. The van der Waals surface area contributed by atoms with Crippen LogP contribution in [0.4, 0.5) is 0 Å². The summed E-state index contributed by atoms with van der Waals surface area (Å²) in [5.41, 5.74) is 2.37. The maximum Gasteiger partial charge on any atom is 0.225 e. The molecule has 140 valence electrons. The van der Waals surface area contributed by atoms with Gasteiger partial charge in [0.05, 0.1) is 38.0 Å². The largest absolute Gasteiger partial charge is 0.488 e. The number of hydrogen-bond donors (Lipinski definition) is 2. The Morgan fingerprint density at radius 2 is 2.12 bits per heavy atom. The summed E-state index contributed by atoms with van der Waals surface area (Å²) in [4.78, 5) is 12.4. The van der Waals surface area contributed by atoms with Crippen molar-refractivity contribution in [3.8, 4) is 5.75 Å². The molecule has 1 aliphatic heterocycles. The van der Waals surface area contributed by atoms with Crippen molar-refractivity contribution in [3.63, 3.8) is 0 Å². The quantitative estimate of drug-likeness (QED) is 0.814. The number of aryl methyl sites for hydroxylation is 2. The fourth-order valence-corrected chi connectivity index (χ4v) is 3.01. The number of nitrogens with zero attached hydrogens (tertiary/aromatic N) is 1. The number of aliphatic hydroxyl groups is 1. The molecule has 0 saturated carbocycles. The molecule has 7 heteroatoms. The van der Waals surface area contributed by atoms with E-state index in [-0.39, 0.29) is 31.1 Å². The maximum absolute atomic E-state index is 12.4. The van der Waals surface area contributed by atoms with Gasteiger partial charge in [-0.1, -0.05) is 17.3 Å². The lowest BCUT2D eigenvalue weighted by Crippen LogP contribution is -2.52. The molecule has 1 aliphatic rings. The van der Waals surface area contributed by atoms with E-state index in [0.29, 0.717) is 31.1 Å². The van der Waals surface area contributed by atoms with Crippen molar-refractivity contribution in [2.45, 2.75) is 45.4 Å². The number of carbonyl (C=O) groups is 1. The van der Waals surface area contributed by atoms with Gasteiger partial charge in [-0.25, -0.2) is 0 Å². The minimum Gasteiger partial charge on any atom is -0.488 e. The number of hydrogen-bond acceptors (Lipinski definition) is 6. The lowest BCUT2D eigenvalue weighted by Gasteiger charge is -2.32. The van der Waals surface area contributed by atoms with Gasteiger partial charge in [-0.3, -0.25) is 4.79 Å². The molecular weight excluding hydrogens is 336 g/mol. The molecule has 2 atom stereocenters. The Balaban J connectivity index is 1.61. The Morgan fingerprint density at radius 3 is 2.77 bits per heavy atom. The topological polar surface area (TPSA) is 93.8 Å². The Hall–Kier alpha value is -2.38. The van der Waals surface area contributed by atoms with Crippen LogP contribution in [0.5, 0.6) is 5.75 Å². The molecular formula is C19H24N2O5. The summed E-state index contributed by atoms with van der Waals surface area (Å²) in [6, 6.07) is 7.06. The average molecular weight is 360 g/mol. The van der Waals surface area contributed by atoms with Crippen LogP contribution in [0.3, 0.4) is 0 Å². The van der Waals surface area contributed by atoms with Gasteiger partial charge >= 0.3 is 0 Å². The Bertz CT molecular complexity index is 721. The molecule has 2 heterocycles. The summed E-state index contributed by atoms with van der Waals surface area (Å²) in [5, 5.41) is 16.0. The number of amides is 1. The lowest BCUT2D eigenvalue weighted by molar-refractivity contribution is -0.123. The number of rotatable bonds is 6. The van der Waals surface area contributed by atoms with Gasteiger partial charge in [-0.05, 0) is 31.5 Å². The summed E-state index contributed by atoms with van der Waals surface area (Å²) in [6.45, 7) is 4.62. The van der Waals surface area contributed by atoms with Crippen LogP contribution in [0.15, 0.2) is 28.8 Å². The molecule has 0 unspecified atom stereocenters. The number of carbonyl (C=O) groups excluding carboxylic acids is 1. The van der Waals surface area contributed by atoms with E-state index in [1.54, 1.807) is 6.92 Å². The summed E-state index contributed by atoms with van der Waals surface area (Å²) < 4.78 is 16.7. The highest BCUT2D eigenvalue weighted by molar-refractivity contribution is 5.79. The third-order valence-electron chi connectivity index (χ3n) is 4.55. The molecule has 2 N–H and O–H groups in total. The highest BCUT2D eigenvalue weighted by Gasteiger charge is 2.29. The van der Waals surface area contributed by atoms with Crippen LogP contribution in [0.1, 0.15) is 29.0 Å². The number of ether oxygens (including phenoxy) is 2. The van der Waals surface area contributed by atoms with Gasteiger partial charge in [0.25, 0.3) is 0 Å². The SMILES string of the molecule is Cc1noc(C)c1CC(=O)N[C@@H]1COCC[C@H]1Oc1ccc(CO)cc1. The molecule has 3 rings (SSSR count). The maximum atomic E-state index is 12.4. The van der Waals surface area contributed by atoms with Crippen LogP contribution in [0.2, 0.25) is 0 Å². The Morgan fingerprint density at radius 1 is 1.35 bits per heavy atom. The molecule has 1 aromatic carbocycles. The summed E-state index contributed by atoms with van der Waals surface area (Å²) >= 11 is 0. The molecule has 7 nitrogen and oxygen atoms in total. The normalized spacial score (nSPS) is 20.0. The van der Waals surface area contributed by atoms with Crippen LogP contribution >= 0.6 is 0 Å². The molecule has 1 saturated heterocycles. The highest BCUT2D eigenvalue weighted by atomic mass is 16.5. The zero-order valence-electron chi connectivity index (χ0n) is 15.0. The number of nitrogens with one attached hydrogen (secondary N) is 1. The second kappa shape index (κ2) is 8.33. The molecule has 0 aliphatic carbocycles. The standard InChI is InChI=1S/C19H24N2O5/c1-12-16(13(2)26-21-12)9-19(23)20-17-11-24-8-7-18(17)25-15-5-3-14(10-22)4-6-15/h3-6,17-18,22H,7-11H2,1-2H3,(H,20,23)/t17-,18-/m1/s1. The van der Waals surface area contributed by atoms with Gasteiger partial charge < -0.3 is 24.4 Å². The van der Waals surface area contributed by atoms with E-state index >= 15 is 0 Å². The van der Waals surface area contributed by atoms with E-state index in [4.69, 9.17) is 19.1 Å². The molecule has 0 spiro atoms. The van der Waals surface area contributed by atoms with E-state index in [1.165, 1.54) is 0 Å². The smallest absolute Gasteiger partial charge is 0.225 e. The molecule has 1 amide bonds. The molecule has 26 heavy (non-hydrogen) atoms. The summed E-state index contributed by atoms with van der Waals surface area (Å²) in [7, 11) is 0. The minimum atomic E-state index is -0.228. The molecule has 1 fully saturated rings. The van der Waals surface area contributed by atoms with Gasteiger partial charge in [-0.15, -0.1) is 0 Å². The van der Waals surface area contributed by atoms with Crippen molar-refractivity contribution in [2.24, 2.45) is 0 Å². The first-order valence-electron chi connectivity index (χ1n) is 8.72. The first-order valence-corrected chi connectivity index (χ1v) is 8.72. The third-order valence-corrected chi connectivity index (χ3v) is 4.55. The van der Waals surface area contributed by atoms with Crippen molar-refractivity contribution >= 4 is 5.91 Å². The van der Waals surface area contributed by atoms with Gasteiger partial charge in [-0.2, -0.15) is 0 Å². The van der Waals surface area contributed by atoms with Gasteiger partial charge in [0.2, 0.25) is 5.91 Å². The molecule has 1 aromatic heterocycles. The van der Waals surface area contributed by atoms with Gasteiger partial charge in [0, 0.05) is 12.0 Å². The van der Waals surface area contributed by atoms with Crippen molar-refractivity contribution in [2.75, 3.05) is 13.2 Å². The summed E-state index contributed by atoms with van der Waals surface area (Å²) in [5.74, 6) is 1.26. The van der Waals surface area contributed by atoms with Crippen LogP contribution in [-0.2, 0) is 22.6 Å². The Labute approximate surface area is 152 Å². The zero-order chi connectivity index (χ0) is 18.5. The fraction of sp³-hybridized carbons (Fsp3) is 0.474. The van der Waals surface area contributed by atoms with E-state index in [2.05, 4.69) is 10.5 Å². The monoisotopic (exact) mass is 360 g/mol. The van der Waals surface area contributed by atoms with Crippen LogP contribution in [0, 0.1) is 13.8 Å². The predicted octanol–water partition coefficient (Wildman–Crippen LogP) is 1.68. The van der Waals surface area contributed by atoms with Crippen LogP contribution in [0.25, 0.3) is 0 Å². The average Bonchev–Trinajstić information content (AvgIpc) is 2.96. The van der Waals surface area contributed by atoms with E-state index in [0.717, 1.165) is 16.8 Å². The fourth-order valence-electron chi connectivity index (χ4n) is 3.01. The highest BCUT2D eigenvalue weighted by Crippen LogP contribution is 2.20. The second-order valence-electron chi connectivity index (χ2n) is 6.48. The third kappa shape index (κ3) is 4.42. The lowest BCUT2D eigenvalue weighted by atomic mass is 10.0. The number of benzene rings is 1. The van der Waals surface area contributed by atoms with Crippen molar-refractivity contribution in [1.82, 2.24) is 10.5 Å². The van der Waals surface area contributed by atoms with E-state index in [9.17, 15) is 4.79 Å². The van der Waals surface area contributed by atoms with Gasteiger partial charge in [0.15, 0.2) is 0 Å². The van der Waals surface area contributed by atoms with Gasteiger partial charge in [0.1, 0.15) is 17.6 Å². The molecule has 0 bridgehead atoms. The van der Waals surface area contributed by atoms with E-state index < -0.39 is 0 Å². The van der Waals surface area contributed by atoms with Crippen LogP contribution in [-0.4, -0.2) is 41.5 Å². The zero-order valence-corrected chi connectivity index (χ0v) is 15.0. The van der Waals surface area contributed by atoms with E-state index in [1.807, 2.05) is 31.2 Å². The predicted molar refractivity (Wildman–Crippen MR) is 93.8 cm³/mol. The summed E-state index contributed by atoms with van der Waals surface area (Å²) in [6.07, 6.45) is 0.741. The Kier molecular flexibility index (Phi) is 5.90. The number of aromatic nitrogens is 1. The first kappa shape index (κ1) is 18.4. The molecule has 0 radical (unpaired) electrons. The second-order valence-corrected chi connectivity index (χ2v) is 6.48. The number of aliphatic hydroxyl groups excluding tert-OH is 1. The van der Waals surface area contributed by atoms with Crippen molar-refractivity contribution in [3.05, 3.63) is 46.8 Å². The first-order chi connectivity index (χ1) is 12.6. The van der Waals surface area contributed by atoms with Crippen molar-refractivity contribution < 1.29 is 23.9 Å². The van der Waals surface area contributed by atoms with Crippen LogP contribution < -0.4 is 10.1 Å².